The molecule has 0 atom stereocenters. The smallest absolute Gasteiger partial charge is 0.225 e. The molecule has 8 heteroatoms. The van der Waals surface area contributed by atoms with Crippen LogP contribution in [0.25, 0.3) is 16.6 Å². The van der Waals surface area contributed by atoms with Gasteiger partial charge in [0.25, 0.3) is 0 Å². The molecule has 1 saturated carbocycles. The maximum atomic E-state index is 12.6. The van der Waals surface area contributed by atoms with Gasteiger partial charge in [0.15, 0.2) is 5.65 Å². The third kappa shape index (κ3) is 3.91. The minimum absolute atomic E-state index is 0.250. The molecule has 0 N–H and O–H groups in total. The first kappa shape index (κ1) is 20.4. The Kier molecular flexibility index (Phi) is 5.14. The lowest BCUT2D eigenvalue weighted by Gasteiger charge is -2.24. The standard InChI is InChI=1S/C25H25ClN6O/c26-19-9-10-20-21(16-19)27-25(31-12-4-11-30(13-14-31)24(33)18-7-8-18)32-22(28-29-23(20)32)15-17-5-2-1-3-6-17/h1-3,5-6,9-10,16,18H,4,7-8,11-15H2. The number of hydrogen-bond acceptors (Lipinski definition) is 5. The van der Waals surface area contributed by atoms with Crippen molar-refractivity contribution in [3.05, 3.63) is 64.9 Å². The van der Waals surface area contributed by atoms with E-state index in [-0.39, 0.29) is 5.92 Å². The molecule has 0 spiro atoms. The Morgan fingerprint density at radius 3 is 2.67 bits per heavy atom. The van der Waals surface area contributed by atoms with E-state index >= 15 is 0 Å². The van der Waals surface area contributed by atoms with Crippen molar-refractivity contribution < 1.29 is 4.79 Å². The van der Waals surface area contributed by atoms with Crippen LogP contribution in [0, 0.1) is 5.92 Å². The van der Waals surface area contributed by atoms with Crippen LogP contribution >= 0.6 is 11.6 Å². The highest BCUT2D eigenvalue weighted by atomic mass is 35.5. The molecule has 6 rings (SSSR count). The molecule has 2 aromatic heterocycles. The Bertz CT molecular complexity index is 1330. The Balaban J connectivity index is 1.43. The summed E-state index contributed by atoms with van der Waals surface area (Å²) in [7, 11) is 0. The van der Waals surface area contributed by atoms with Crippen LogP contribution in [0.5, 0.6) is 0 Å². The fourth-order valence-corrected chi connectivity index (χ4v) is 4.84. The van der Waals surface area contributed by atoms with Gasteiger partial charge in [0.2, 0.25) is 11.9 Å². The number of anilines is 1. The summed E-state index contributed by atoms with van der Waals surface area (Å²) in [6.45, 7) is 3.07. The van der Waals surface area contributed by atoms with E-state index in [0.717, 1.165) is 67.2 Å². The van der Waals surface area contributed by atoms with Crippen molar-refractivity contribution in [2.45, 2.75) is 25.7 Å². The second-order valence-corrected chi connectivity index (χ2v) is 9.39. The minimum atomic E-state index is 0.250. The third-order valence-electron chi connectivity index (χ3n) is 6.57. The molecule has 1 aliphatic carbocycles. The zero-order chi connectivity index (χ0) is 22.4. The first-order valence-corrected chi connectivity index (χ1v) is 12.0. The van der Waals surface area contributed by atoms with Crippen molar-refractivity contribution in [3.8, 4) is 0 Å². The zero-order valence-corrected chi connectivity index (χ0v) is 19.1. The molecule has 1 aliphatic heterocycles. The van der Waals surface area contributed by atoms with Gasteiger partial charge in [-0.15, -0.1) is 10.2 Å². The molecule has 33 heavy (non-hydrogen) atoms. The number of aromatic nitrogens is 4. The molecule has 3 heterocycles. The minimum Gasteiger partial charge on any atom is -0.341 e. The van der Waals surface area contributed by atoms with Crippen LogP contribution < -0.4 is 4.90 Å². The van der Waals surface area contributed by atoms with E-state index in [4.69, 9.17) is 16.6 Å². The molecule has 168 valence electrons. The molecule has 7 nitrogen and oxygen atoms in total. The SMILES string of the molecule is O=C(C1CC1)N1CCCN(c2nc3cc(Cl)ccc3c3nnc(Cc4ccccc4)n23)CC1. The van der Waals surface area contributed by atoms with Gasteiger partial charge in [0.05, 0.1) is 5.52 Å². The van der Waals surface area contributed by atoms with E-state index in [1.807, 2.05) is 41.3 Å². The molecule has 0 unspecified atom stereocenters. The second kappa shape index (κ2) is 8.30. The molecule has 1 amide bonds. The summed E-state index contributed by atoms with van der Waals surface area (Å²) in [5.41, 5.74) is 2.76. The molecular weight excluding hydrogens is 436 g/mol. The van der Waals surface area contributed by atoms with Crippen LogP contribution in [0.3, 0.4) is 0 Å². The van der Waals surface area contributed by atoms with Crippen LogP contribution in [0.15, 0.2) is 48.5 Å². The molecule has 4 aromatic rings. The lowest BCUT2D eigenvalue weighted by atomic mass is 10.1. The maximum Gasteiger partial charge on any atom is 0.225 e. The average Bonchev–Trinajstić information content (AvgIpc) is 3.63. The Morgan fingerprint density at radius 2 is 1.85 bits per heavy atom. The number of amides is 1. The summed E-state index contributed by atoms with van der Waals surface area (Å²) < 4.78 is 2.08. The lowest BCUT2D eigenvalue weighted by Crippen LogP contribution is -2.36. The van der Waals surface area contributed by atoms with E-state index in [0.29, 0.717) is 23.9 Å². The van der Waals surface area contributed by atoms with Gasteiger partial charge in [-0.25, -0.2) is 9.38 Å². The zero-order valence-electron chi connectivity index (χ0n) is 18.3. The first-order chi connectivity index (χ1) is 16.2. The second-order valence-electron chi connectivity index (χ2n) is 8.95. The largest absolute Gasteiger partial charge is 0.341 e. The summed E-state index contributed by atoms with van der Waals surface area (Å²) >= 11 is 6.30. The Morgan fingerprint density at radius 1 is 1.00 bits per heavy atom. The van der Waals surface area contributed by atoms with Crippen molar-refractivity contribution >= 4 is 40.0 Å². The van der Waals surface area contributed by atoms with Gasteiger partial charge < -0.3 is 9.80 Å². The van der Waals surface area contributed by atoms with Gasteiger partial charge in [-0.05, 0) is 43.0 Å². The predicted octanol–water partition coefficient (Wildman–Crippen LogP) is 3.97. The van der Waals surface area contributed by atoms with Crippen LogP contribution in [-0.4, -0.2) is 56.6 Å². The number of hydrogen-bond donors (Lipinski definition) is 0. The molecule has 2 aromatic carbocycles. The number of fused-ring (bicyclic) bond motifs is 3. The summed E-state index contributed by atoms with van der Waals surface area (Å²) in [6.07, 6.45) is 3.65. The fourth-order valence-electron chi connectivity index (χ4n) is 4.68. The topological polar surface area (TPSA) is 66.6 Å². The van der Waals surface area contributed by atoms with Crippen molar-refractivity contribution in [3.63, 3.8) is 0 Å². The van der Waals surface area contributed by atoms with Gasteiger partial charge in [0, 0.05) is 48.9 Å². The molecule has 1 saturated heterocycles. The highest BCUT2D eigenvalue weighted by Crippen LogP contribution is 2.32. The summed E-state index contributed by atoms with van der Waals surface area (Å²) in [6, 6.07) is 16.0. The van der Waals surface area contributed by atoms with Gasteiger partial charge in [-0.1, -0.05) is 41.9 Å². The van der Waals surface area contributed by atoms with Crippen molar-refractivity contribution in [1.82, 2.24) is 24.5 Å². The Labute approximate surface area is 197 Å². The number of carbonyl (C=O) groups is 1. The summed E-state index contributed by atoms with van der Waals surface area (Å²) in [4.78, 5) is 22.0. The molecule has 0 bridgehead atoms. The van der Waals surface area contributed by atoms with Crippen molar-refractivity contribution in [2.24, 2.45) is 5.92 Å². The van der Waals surface area contributed by atoms with Crippen molar-refractivity contribution in [2.75, 3.05) is 31.1 Å². The van der Waals surface area contributed by atoms with Gasteiger partial charge in [-0.2, -0.15) is 0 Å². The molecular formula is C25H25ClN6O. The van der Waals surface area contributed by atoms with Gasteiger partial charge in [-0.3, -0.25) is 4.79 Å². The highest BCUT2D eigenvalue weighted by Gasteiger charge is 2.34. The molecule has 2 aliphatic rings. The van der Waals surface area contributed by atoms with Crippen LogP contribution in [0.2, 0.25) is 5.02 Å². The number of halogens is 1. The first-order valence-electron chi connectivity index (χ1n) is 11.6. The summed E-state index contributed by atoms with van der Waals surface area (Å²) in [5, 5.41) is 10.7. The quantitative estimate of drug-likeness (QED) is 0.461. The van der Waals surface area contributed by atoms with E-state index in [1.165, 1.54) is 5.56 Å². The van der Waals surface area contributed by atoms with Crippen LogP contribution in [-0.2, 0) is 11.2 Å². The third-order valence-corrected chi connectivity index (χ3v) is 6.81. The van der Waals surface area contributed by atoms with Crippen LogP contribution in [0.4, 0.5) is 5.95 Å². The number of rotatable bonds is 4. The van der Waals surface area contributed by atoms with E-state index in [1.54, 1.807) is 0 Å². The van der Waals surface area contributed by atoms with E-state index in [9.17, 15) is 4.79 Å². The number of carbonyl (C=O) groups excluding carboxylic acids is 1. The van der Waals surface area contributed by atoms with Gasteiger partial charge >= 0.3 is 0 Å². The maximum absolute atomic E-state index is 12.6. The number of benzene rings is 2. The lowest BCUT2D eigenvalue weighted by molar-refractivity contribution is -0.132. The predicted molar refractivity (Wildman–Crippen MR) is 129 cm³/mol. The van der Waals surface area contributed by atoms with Crippen molar-refractivity contribution in [1.29, 1.82) is 0 Å². The number of nitrogens with zero attached hydrogens (tertiary/aromatic N) is 6. The van der Waals surface area contributed by atoms with E-state index < -0.39 is 0 Å². The van der Waals surface area contributed by atoms with Crippen LogP contribution in [0.1, 0.15) is 30.7 Å². The highest BCUT2D eigenvalue weighted by molar-refractivity contribution is 6.31. The Hall–Kier alpha value is -3.19. The fraction of sp³-hybridized carbons (Fsp3) is 0.360. The molecule has 2 fully saturated rings. The average molecular weight is 461 g/mol. The molecule has 0 radical (unpaired) electrons. The van der Waals surface area contributed by atoms with Gasteiger partial charge in [0.1, 0.15) is 5.82 Å². The summed E-state index contributed by atoms with van der Waals surface area (Å²) in [5.74, 6) is 2.23. The van der Waals surface area contributed by atoms with E-state index in [2.05, 4.69) is 31.6 Å². The normalized spacial score (nSPS) is 17.0. The monoisotopic (exact) mass is 460 g/mol.